The highest BCUT2D eigenvalue weighted by Crippen LogP contribution is 2.19. The van der Waals surface area contributed by atoms with E-state index >= 15 is 0 Å². The molecule has 96 valence electrons. The first-order valence-electron chi connectivity index (χ1n) is 5.71. The Hall–Kier alpha value is -1.65. The van der Waals surface area contributed by atoms with Gasteiger partial charge in [-0.3, -0.25) is 4.79 Å². The zero-order valence-electron chi connectivity index (χ0n) is 10.3. The summed E-state index contributed by atoms with van der Waals surface area (Å²) in [5, 5.41) is 6.30. The molecule has 0 aliphatic carbocycles. The first-order chi connectivity index (χ1) is 8.79. The number of azide groups is 1. The zero-order valence-corrected chi connectivity index (χ0v) is 11.1. The normalized spacial score (nSPS) is 9.61. The van der Waals surface area contributed by atoms with Crippen LogP contribution in [0.4, 0.5) is 0 Å². The number of unbranched alkanes of at least 4 members (excludes halogenated alkanes) is 1. The average Bonchev–Trinajstić information content (AvgIpc) is 2.42. The molecule has 0 fully saturated rings. The van der Waals surface area contributed by atoms with Crippen LogP contribution < -0.4 is 5.32 Å². The molecular formula is C12H16N4OS. The van der Waals surface area contributed by atoms with E-state index in [1.54, 1.807) is 11.8 Å². The van der Waals surface area contributed by atoms with Gasteiger partial charge in [-0.15, -0.1) is 11.8 Å². The Kier molecular flexibility index (Phi) is 6.76. The minimum absolute atomic E-state index is 0.0521. The van der Waals surface area contributed by atoms with Gasteiger partial charge in [-0.25, -0.2) is 0 Å². The molecule has 0 unspecified atom stereocenters. The number of benzene rings is 1. The Bertz CT molecular complexity index is 443. The summed E-state index contributed by atoms with van der Waals surface area (Å²) in [6, 6.07) is 7.53. The lowest BCUT2D eigenvalue weighted by atomic mass is 10.2. The van der Waals surface area contributed by atoms with E-state index in [4.69, 9.17) is 5.53 Å². The molecule has 0 saturated heterocycles. The number of hydrogen-bond acceptors (Lipinski definition) is 3. The summed E-state index contributed by atoms with van der Waals surface area (Å²) in [5.74, 6) is -0.0521. The molecule has 1 aromatic rings. The van der Waals surface area contributed by atoms with Gasteiger partial charge in [0.25, 0.3) is 5.91 Å². The van der Waals surface area contributed by atoms with Crippen LogP contribution >= 0.6 is 11.8 Å². The van der Waals surface area contributed by atoms with Crippen LogP contribution in [0, 0.1) is 0 Å². The second-order valence-electron chi connectivity index (χ2n) is 3.62. The molecule has 0 radical (unpaired) electrons. The molecule has 1 rings (SSSR count). The molecule has 0 heterocycles. The summed E-state index contributed by atoms with van der Waals surface area (Å²) in [7, 11) is 0. The smallest absolute Gasteiger partial charge is 0.252 e. The van der Waals surface area contributed by atoms with Gasteiger partial charge in [-0.1, -0.05) is 17.2 Å². The number of nitrogens with zero attached hydrogens (tertiary/aromatic N) is 3. The highest BCUT2D eigenvalue weighted by atomic mass is 32.2. The predicted molar refractivity (Wildman–Crippen MR) is 73.8 cm³/mol. The van der Waals surface area contributed by atoms with Crippen LogP contribution in [0.3, 0.4) is 0 Å². The van der Waals surface area contributed by atoms with Crippen LogP contribution in [0.1, 0.15) is 23.2 Å². The number of carbonyl (C=O) groups excluding carboxylic acids is 1. The van der Waals surface area contributed by atoms with E-state index in [2.05, 4.69) is 15.3 Å². The number of amides is 1. The minimum Gasteiger partial charge on any atom is -0.352 e. The van der Waals surface area contributed by atoms with E-state index in [-0.39, 0.29) is 5.91 Å². The van der Waals surface area contributed by atoms with E-state index in [1.807, 2.05) is 30.5 Å². The Labute approximate surface area is 111 Å². The topological polar surface area (TPSA) is 77.9 Å². The van der Waals surface area contributed by atoms with Gasteiger partial charge in [-0.2, -0.15) is 0 Å². The summed E-state index contributed by atoms with van der Waals surface area (Å²) in [6.45, 7) is 1.08. The summed E-state index contributed by atoms with van der Waals surface area (Å²) < 4.78 is 0. The monoisotopic (exact) mass is 264 g/mol. The lowest BCUT2D eigenvalue weighted by molar-refractivity contribution is 0.0950. The van der Waals surface area contributed by atoms with Gasteiger partial charge in [0.1, 0.15) is 0 Å². The van der Waals surface area contributed by atoms with Gasteiger partial charge < -0.3 is 5.32 Å². The van der Waals surface area contributed by atoms with Gasteiger partial charge in [0.05, 0.1) is 5.56 Å². The number of rotatable bonds is 7. The van der Waals surface area contributed by atoms with Gasteiger partial charge in [0, 0.05) is 22.9 Å². The van der Waals surface area contributed by atoms with Crippen molar-refractivity contribution in [3.8, 4) is 0 Å². The maximum absolute atomic E-state index is 11.9. The Morgan fingerprint density at radius 1 is 1.44 bits per heavy atom. The molecule has 0 aliphatic heterocycles. The van der Waals surface area contributed by atoms with Crippen molar-refractivity contribution in [2.45, 2.75) is 17.7 Å². The number of nitrogens with one attached hydrogen (secondary N) is 1. The lowest BCUT2D eigenvalue weighted by Gasteiger charge is -2.07. The SMILES string of the molecule is CSc1ccccc1C(=O)NCCCCN=[N+]=[N-]. The molecule has 0 bridgehead atoms. The van der Waals surface area contributed by atoms with Crippen molar-refractivity contribution in [3.63, 3.8) is 0 Å². The van der Waals surface area contributed by atoms with Crippen molar-refractivity contribution in [3.05, 3.63) is 40.3 Å². The van der Waals surface area contributed by atoms with Gasteiger partial charge in [-0.05, 0) is 36.8 Å². The molecule has 0 aliphatic rings. The first kappa shape index (κ1) is 14.4. The van der Waals surface area contributed by atoms with E-state index in [1.165, 1.54) is 0 Å². The van der Waals surface area contributed by atoms with Gasteiger partial charge in [0.2, 0.25) is 0 Å². The van der Waals surface area contributed by atoms with E-state index in [0.29, 0.717) is 18.7 Å². The zero-order chi connectivity index (χ0) is 13.2. The fraction of sp³-hybridized carbons (Fsp3) is 0.417. The molecule has 1 amide bonds. The molecule has 18 heavy (non-hydrogen) atoms. The third-order valence-electron chi connectivity index (χ3n) is 2.39. The lowest BCUT2D eigenvalue weighted by Crippen LogP contribution is -2.25. The molecular weight excluding hydrogens is 248 g/mol. The summed E-state index contributed by atoms with van der Waals surface area (Å²) in [5.41, 5.74) is 8.81. The molecule has 0 aromatic heterocycles. The van der Waals surface area contributed by atoms with Crippen LogP contribution in [0.25, 0.3) is 10.4 Å². The van der Waals surface area contributed by atoms with Crippen molar-refractivity contribution in [1.29, 1.82) is 0 Å². The van der Waals surface area contributed by atoms with Crippen LogP contribution in [-0.4, -0.2) is 25.3 Å². The van der Waals surface area contributed by atoms with Gasteiger partial charge >= 0.3 is 0 Å². The summed E-state index contributed by atoms with van der Waals surface area (Å²) in [4.78, 5) is 15.6. The highest BCUT2D eigenvalue weighted by molar-refractivity contribution is 7.98. The molecule has 0 atom stereocenters. The molecule has 6 heteroatoms. The Morgan fingerprint density at radius 2 is 2.22 bits per heavy atom. The summed E-state index contributed by atoms with van der Waals surface area (Å²) >= 11 is 1.56. The van der Waals surface area contributed by atoms with Crippen molar-refractivity contribution >= 4 is 17.7 Å². The standard InChI is InChI=1S/C12H16N4OS/c1-18-11-7-3-2-6-10(11)12(17)14-8-4-5-9-15-16-13/h2-3,6-7H,4-5,8-9H2,1H3,(H,14,17). The number of thioether (sulfide) groups is 1. The second kappa shape index (κ2) is 8.44. The largest absolute Gasteiger partial charge is 0.352 e. The highest BCUT2D eigenvalue weighted by Gasteiger charge is 2.08. The van der Waals surface area contributed by atoms with Crippen molar-refractivity contribution in [1.82, 2.24) is 5.32 Å². The first-order valence-corrected chi connectivity index (χ1v) is 6.94. The second-order valence-corrected chi connectivity index (χ2v) is 4.47. The van der Waals surface area contributed by atoms with Crippen molar-refractivity contribution in [2.75, 3.05) is 19.3 Å². The van der Waals surface area contributed by atoms with E-state index in [9.17, 15) is 4.79 Å². The maximum Gasteiger partial charge on any atom is 0.252 e. The van der Waals surface area contributed by atoms with Crippen molar-refractivity contribution < 1.29 is 4.79 Å². The molecule has 0 spiro atoms. The van der Waals surface area contributed by atoms with Gasteiger partial charge in [0.15, 0.2) is 0 Å². The Balaban J connectivity index is 2.38. The quantitative estimate of drug-likeness (QED) is 0.270. The fourth-order valence-electron chi connectivity index (χ4n) is 1.48. The molecule has 5 nitrogen and oxygen atoms in total. The third-order valence-corrected chi connectivity index (χ3v) is 3.18. The van der Waals surface area contributed by atoms with Crippen LogP contribution in [0.15, 0.2) is 34.3 Å². The van der Waals surface area contributed by atoms with E-state index < -0.39 is 0 Å². The third kappa shape index (κ3) is 4.69. The maximum atomic E-state index is 11.9. The van der Waals surface area contributed by atoms with E-state index in [0.717, 1.165) is 17.7 Å². The van der Waals surface area contributed by atoms with Crippen molar-refractivity contribution in [2.24, 2.45) is 5.11 Å². The summed E-state index contributed by atoms with van der Waals surface area (Å²) in [6.07, 6.45) is 3.55. The minimum atomic E-state index is -0.0521. The Morgan fingerprint density at radius 3 is 2.94 bits per heavy atom. The molecule has 1 N–H and O–H groups in total. The number of carbonyl (C=O) groups is 1. The average molecular weight is 264 g/mol. The fourth-order valence-corrected chi connectivity index (χ4v) is 2.08. The van der Waals surface area contributed by atoms with Crippen LogP contribution in [0.5, 0.6) is 0 Å². The number of hydrogen-bond donors (Lipinski definition) is 1. The van der Waals surface area contributed by atoms with Crippen LogP contribution in [0.2, 0.25) is 0 Å². The predicted octanol–water partition coefficient (Wildman–Crippen LogP) is 3.23. The van der Waals surface area contributed by atoms with Crippen LogP contribution in [-0.2, 0) is 0 Å². The molecule has 1 aromatic carbocycles. The molecule has 0 saturated carbocycles.